The molecule has 12 nitrogen and oxygen atoms in total. The van der Waals surface area contributed by atoms with Crippen LogP contribution >= 0.6 is 0 Å². The van der Waals surface area contributed by atoms with Crippen LogP contribution in [-0.2, 0) is 24.3 Å². The lowest BCUT2D eigenvalue weighted by molar-refractivity contribution is -0.142. The maximum Gasteiger partial charge on any atom is 0.418 e. The number of hydrogen-bond acceptors (Lipinski definition) is 7. The van der Waals surface area contributed by atoms with E-state index >= 15 is 0 Å². The van der Waals surface area contributed by atoms with E-state index in [1.165, 1.54) is 6.34 Å². The first kappa shape index (κ1) is 22.1. The molecular formula is C13H25N5O7S. The van der Waals surface area contributed by atoms with Crippen LogP contribution in [0.2, 0.25) is 0 Å². The maximum absolute atomic E-state index is 12.4. The zero-order chi connectivity index (χ0) is 19.7. The fourth-order valence-electron chi connectivity index (χ4n) is 2.53. The average molecular weight is 395 g/mol. The second-order valence-corrected chi connectivity index (χ2v) is 6.65. The van der Waals surface area contributed by atoms with Crippen LogP contribution in [0, 0.1) is 5.41 Å². The molecule has 0 spiro atoms. The van der Waals surface area contributed by atoms with E-state index in [2.05, 4.69) is 9.76 Å². The Labute approximate surface area is 152 Å². The summed E-state index contributed by atoms with van der Waals surface area (Å²) in [5.74, 6) is -0.566. The van der Waals surface area contributed by atoms with Crippen LogP contribution in [0.15, 0.2) is 0 Å². The van der Waals surface area contributed by atoms with E-state index in [1.807, 2.05) is 6.92 Å². The van der Waals surface area contributed by atoms with Gasteiger partial charge in [0.1, 0.15) is 12.1 Å². The Bertz CT molecular complexity index is 600. The Kier molecular flexibility index (Phi) is 8.71. The van der Waals surface area contributed by atoms with Crippen molar-refractivity contribution in [3.63, 3.8) is 0 Å². The highest BCUT2D eigenvalue weighted by Crippen LogP contribution is 2.12. The number of likely N-dealkylation sites (tertiary alicyclic amines) is 1. The van der Waals surface area contributed by atoms with Crippen LogP contribution in [0.4, 0.5) is 4.79 Å². The first-order valence-electron chi connectivity index (χ1n) is 8.14. The van der Waals surface area contributed by atoms with Gasteiger partial charge in [-0.25, -0.2) is 10.3 Å². The highest BCUT2D eigenvalue weighted by molar-refractivity contribution is 7.80. The first-order chi connectivity index (χ1) is 12.2. The minimum Gasteiger partial charge on any atom is -0.360 e. The molecule has 1 heterocycles. The van der Waals surface area contributed by atoms with Crippen LogP contribution in [0.3, 0.4) is 0 Å². The van der Waals surface area contributed by atoms with E-state index in [0.717, 1.165) is 4.90 Å². The van der Waals surface area contributed by atoms with Gasteiger partial charge in [0.05, 0.1) is 6.34 Å². The summed E-state index contributed by atoms with van der Waals surface area (Å²) in [6, 6.07) is -1.91. The van der Waals surface area contributed by atoms with E-state index in [4.69, 9.17) is 14.8 Å². The fourth-order valence-corrected chi connectivity index (χ4v) is 2.71. The summed E-state index contributed by atoms with van der Waals surface area (Å²) >= 11 is 0. The number of nitrogens with zero attached hydrogens (tertiary/aromatic N) is 2. The number of nitrogens with one attached hydrogen (secondary N) is 3. The fraction of sp³-hybridized carbons (Fsp3) is 0.769. The third-order valence-electron chi connectivity index (χ3n) is 3.76. The van der Waals surface area contributed by atoms with Crippen LogP contribution < -0.4 is 11.0 Å². The molecule has 1 rings (SSSR count). The Morgan fingerprint density at radius 2 is 2.12 bits per heavy atom. The molecule has 0 radical (unpaired) electrons. The lowest BCUT2D eigenvalue weighted by atomic mass is 10.1. The van der Waals surface area contributed by atoms with Gasteiger partial charge in [-0.05, 0) is 19.8 Å². The standard InChI is InChI=1S/C13H25N5O7S/c1-3-5-11(18(4-2)13(20)16-25-26(21,22)23)12(19)15-24-10-6-7-17(8-10)9-14/h9-11,14H,3-8H2,1-2H3,(H,15,19)(H,16,20)(H,21,22,23)/t10?,11-/m0/s1. The lowest BCUT2D eigenvalue weighted by Crippen LogP contribution is -2.53. The number of hydrogen-bond donors (Lipinski definition) is 4. The SMILES string of the molecule is CCC[C@@H](C(=O)NOC1CCN(C=N)C1)N(CC)C(=O)NOS(=O)(=O)O. The summed E-state index contributed by atoms with van der Waals surface area (Å²) in [7, 11) is -4.86. The summed E-state index contributed by atoms with van der Waals surface area (Å²) in [6.07, 6.45) is 2.46. The smallest absolute Gasteiger partial charge is 0.360 e. The summed E-state index contributed by atoms with van der Waals surface area (Å²) in [5.41, 5.74) is 3.90. The summed E-state index contributed by atoms with van der Waals surface area (Å²) in [6.45, 7) is 4.63. The second kappa shape index (κ2) is 10.3. The van der Waals surface area contributed by atoms with Crippen LogP contribution in [0.25, 0.3) is 0 Å². The number of hydroxylamine groups is 2. The number of likely N-dealkylation sites (N-methyl/N-ethyl adjacent to an activating group) is 1. The van der Waals surface area contributed by atoms with Crippen molar-refractivity contribution in [3.8, 4) is 0 Å². The highest BCUT2D eigenvalue weighted by atomic mass is 32.3. The lowest BCUT2D eigenvalue weighted by Gasteiger charge is -2.29. The number of carbonyl (C=O) groups is 2. The van der Waals surface area contributed by atoms with E-state index < -0.39 is 28.4 Å². The first-order valence-corrected chi connectivity index (χ1v) is 9.50. The van der Waals surface area contributed by atoms with Crippen molar-refractivity contribution < 1.29 is 31.7 Å². The van der Waals surface area contributed by atoms with Gasteiger partial charge < -0.3 is 9.80 Å². The third-order valence-corrected chi connectivity index (χ3v) is 4.06. The van der Waals surface area contributed by atoms with Crippen molar-refractivity contribution in [2.75, 3.05) is 19.6 Å². The number of urea groups is 1. The molecule has 0 saturated carbocycles. The monoisotopic (exact) mass is 395 g/mol. The quantitative estimate of drug-likeness (QED) is 0.169. The van der Waals surface area contributed by atoms with E-state index in [9.17, 15) is 18.0 Å². The normalized spacial score (nSPS) is 18.3. The maximum atomic E-state index is 12.4. The molecule has 3 amide bonds. The van der Waals surface area contributed by atoms with Gasteiger partial charge in [0.25, 0.3) is 5.91 Å². The van der Waals surface area contributed by atoms with Gasteiger partial charge in [-0.1, -0.05) is 13.3 Å². The molecule has 1 aliphatic heterocycles. The summed E-state index contributed by atoms with van der Waals surface area (Å²) in [5, 5.41) is 7.18. The number of rotatable bonds is 10. The van der Waals surface area contributed by atoms with E-state index in [1.54, 1.807) is 17.3 Å². The summed E-state index contributed by atoms with van der Waals surface area (Å²) in [4.78, 5) is 32.6. The van der Waals surface area contributed by atoms with E-state index in [-0.39, 0.29) is 12.6 Å². The van der Waals surface area contributed by atoms with Crippen molar-refractivity contribution in [3.05, 3.63) is 0 Å². The number of amides is 3. The Morgan fingerprint density at radius 1 is 1.42 bits per heavy atom. The molecule has 26 heavy (non-hydrogen) atoms. The van der Waals surface area contributed by atoms with Crippen molar-refractivity contribution in [1.29, 1.82) is 5.41 Å². The second-order valence-electron chi connectivity index (χ2n) is 5.63. The molecule has 1 aliphatic rings. The topological polar surface area (TPSA) is 161 Å². The zero-order valence-corrected chi connectivity index (χ0v) is 15.5. The van der Waals surface area contributed by atoms with Gasteiger partial charge in [-0.15, -0.1) is 4.28 Å². The molecule has 0 aromatic rings. The average Bonchev–Trinajstić information content (AvgIpc) is 3.05. The van der Waals surface area contributed by atoms with Crippen LogP contribution in [-0.4, -0.2) is 72.8 Å². The van der Waals surface area contributed by atoms with Crippen molar-refractivity contribution in [2.24, 2.45) is 0 Å². The molecule has 0 bridgehead atoms. The van der Waals surface area contributed by atoms with Crippen LogP contribution in [0.5, 0.6) is 0 Å². The molecule has 0 aromatic carbocycles. The van der Waals surface area contributed by atoms with Crippen molar-refractivity contribution in [1.82, 2.24) is 20.8 Å². The Morgan fingerprint density at radius 3 is 2.62 bits per heavy atom. The Balaban J connectivity index is 2.66. The molecule has 2 atom stereocenters. The summed E-state index contributed by atoms with van der Waals surface area (Å²) < 4.78 is 33.5. The van der Waals surface area contributed by atoms with Gasteiger partial charge in [-0.2, -0.15) is 13.9 Å². The van der Waals surface area contributed by atoms with Gasteiger partial charge in [-0.3, -0.25) is 19.6 Å². The van der Waals surface area contributed by atoms with Gasteiger partial charge >= 0.3 is 16.4 Å². The highest BCUT2D eigenvalue weighted by Gasteiger charge is 2.30. The minimum absolute atomic E-state index is 0.0871. The van der Waals surface area contributed by atoms with E-state index in [0.29, 0.717) is 32.4 Å². The molecule has 0 aliphatic carbocycles. The predicted molar refractivity (Wildman–Crippen MR) is 90.2 cm³/mol. The minimum atomic E-state index is -4.86. The molecule has 4 N–H and O–H groups in total. The molecule has 0 aromatic heterocycles. The van der Waals surface area contributed by atoms with Gasteiger partial charge in [0, 0.05) is 19.6 Å². The van der Waals surface area contributed by atoms with Crippen molar-refractivity contribution in [2.45, 2.75) is 45.3 Å². The predicted octanol–water partition coefficient (Wildman–Crippen LogP) is -0.350. The Hall–Kier alpha value is -1.96. The molecular weight excluding hydrogens is 370 g/mol. The molecule has 1 fully saturated rings. The number of carbonyl (C=O) groups excluding carboxylic acids is 2. The van der Waals surface area contributed by atoms with Gasteiger partial charge in [0.2, 0.25) is 0 Å². The molecule has 1 unspecified atom stereocenters. The zero-order valence-electron chi connectivity index (χ0n) is 14.7. The van der Waals surface area contributed by atoms with Crippen molar-refractivity contribution >= 4 is 28.7 Å². The molecule has 13 heteroatoms. The van der Waals surface area contributed by atoms with Gasteiger partial charge in [0.15, 0.2) is 0 Å². The molecule has 1 saturated heterocycles. The molecule has 150 valence electrons. The van der Waals surface area contributed by atoms with Crippen LogP contribution in [0.1, 0.15) is 33.1 Å². The third kappa shape index (κ3) is 7.11. The largest absolute Gasteiger partial charge is 0.418 e.